The highest BCUT2D eigenvalue weighted by molar-refractivity contribution is 5.96. The molecule has 0 saturated carbocycles. The van der Waals surface area contributed by atoms with E-state index in [9.17, 15) is 14.4 Å². The molecule has 1 saturated heterocycles. The van der Waals surface area contributed by atoms with E-state index >= 15 is 0 Å². The fourth-order valence-electron chi connectivity index (χ4n) is 3.35. The Labute approximate surface area is 168 Å². The number of esters is 1. The lowest BCUT2D eigenvalue weighted by atomic mass is 10.0. The Bertz CT molecular complexity index is 887. The third-order valence-corrected chi connectivity index (χ3v) is 4.68. The van der Waals surface area contributed by atoms with Gasteiger partial charge < -0.3 is 20.1 Å². The van der Waals surface area contributed by atoms with Gasteiger partial charge in [0.25, 0.3) is 5.91 Å². The molecule has 0 bridgehead atoms. The highest BCUT2D eigenvalue weighted by Gasteiger charge is 2.39. The number of rotatable bonds is 7. The second kappa shape index (κ2) is 9.18. The molecule has 2 amide bonds. The fraction of sp³-hybridized carbons (Fsp3) is 0.333. The first-order valence-corrected chi connectivity index (χ1v) is 9.41. The normalized spacial score (nSPS) is 18.3. The van der Waals surface area contributed by atoms with Gasteiger partial charge in [-0.1, -0.05) is 18.2 Å². The van der Waals surface area contributed by atoms with Crippen molar-refractivity contribution in [2.24, 2.45) is 11.7 Å². The van der Waals surface area contributed by atoms with Gasteiger partial charge in [0.05, 0.1) is 18.7 Å². The topological polar surface area (TPSA) is 112 Å². The molecule has 2 aromatic rings. The maximum atomic E-state index is 13.0. The zero-order valence-corrected chi connectivity index (χ0v) is 16.1. The minimum absolute atomic E-state index is 0.0157. The molecule has 1 aromatic carbocycles. The third kappa shape index (κ3) is 4.90. The number of ether oxygens (including phenoxy) is 2. The Morgan fingerprint density at radius 1 is 1.14 bits per heavy atom. The van der Waals surface area contributed by atoms with Crippen molar-refractivity contribution < 1.29 is 23.9 Å². The van der Waals surface area contributed by atoms with Gasteiger partial charge in [-0.05, 0) is 31.2 Å². The Balaban J connectivity index is 1.77. The molecule has 152 valence electrons. The van der Waals surface area contributed by atoms with E-state index in [4.69, 9.17) is 15.2 Å². The molecule has 8 nitrogen and oxygen atoms in total. The van der Waals surface area contributed by atoms with Crippen molar-refractivity contribution in [2.45, 2.75) is 19.4 Å². The molecule has 0 aliphatic carbocycles. The lowest BCUT2D eigenvalue weighted by Gasteiger charge is -2.18. The molecule has 2 N–H and O–H groups in total. The van der Waals surface area contributed by atoms with Crippen molar-refractivity contribution in [3.63, 3.8) is 0 Å². The summed E-state index contributed by atoms with van der Waals surface area (Å²) < 4.78 is 11.1. The van der Waals surface area contributed by atoms with E-state index < -0.39 is 18.0 Å². The number of nitrogens with two attached hydrogens (primary N) is 1. The van der Waals surface area contributed by atoms with Gasteiger partial charge in [0.15, 0.2) is 0 Å². The summed E-state index contributed by atoms with van der Waals surface area (Å²) in [7, 11) is 0. The third-order valence-electron chi connectivity index (χ3n) is 4.68. The lowest BCUT2D eigenvalue weighted by molar-refractivity contribution is -0.119. The van der Waals surface area contributed by atoms with E-state index in [-0.39, 0.29) is 37.2 Å². The average molecular weight is 397 g/mol. The molecular formula is C21H23N3O5. The number of carbonyl (C=O) groups is 3. The SMILES string of the molecule is CCOc1ncccc1C(=O)N1C[C@H](CC(N)=O)[C@H](OC(=O)c2ccccc2)C1. The molecule has 1 fully saturated rings. The monoisotopic (exact) mass is 397 g/mol. The highest BCUT2D eigenvalue weighted by Crippen LogP contribution is 2.27. The second-order valence-corrected chi connectivity index (χ2v) is 6.74. The van der Waals surface area contributed by atoms with E-state index in [1.54, 1.807) is 55.6 Å². The number of benzene rings is 1. The quantitative estimate of drug-likeness (QED) is 0.711. The summed E-state index contributed by atoms with van der Waals surface area (Å²) in [6, 6.07) is 11.8. The maximum absolute atomic E-state index is 13.0. The van der Waals surface area contributed by atoms with Crippen LogP contribution in [-0.4, -0.2) is 53.5 Å². The zero-order chi connectivity index (χ0) is 20.8. The van der Waals surface area contributed by atoms with E-state index in [1.807, 2.05) is 0 Å². The molecular weight excluding hydrogens is 374 g/mol. The smallest absolute Gasteiger partial charge is 0.338 e. The average Bonchev–Trinajstić information content (AvgIpc) is 3.10. The Morgan fingerprint density at radius 3 is 2.59 bits per heavy atom. The van der Waals surface area contributed by atoms with Gasteiger partial charge in [0, 0.05) is 25.1 Å². The molecule has 0 unspecified atom stereocenters. The standard InChI is InChI=1S/C21H23N3O5/c1-2-28-19-16(9-6-10-23-19)20(26)24-12-15(11-18(22)25)17(13-24)29-21(27)14-7-4-3-5-8-14/h3-10,15,17H,2,11-13H2,1H3,(H2,22,25)/t15-,17+/m0/s1. The molecule has 0 spiro atoms. The molecule has 0 radical (unpaired) electrons. The van der Waals surface area contributed by atoms with Gasteiger partial charge in [0.2, 0.25) is 11.8 Å². The zero-order valence-electron chi connectivity index (χ0n) is 16.1. The number of amides is 2. The highest BCUT2D eigenvalue weighted by atomic mass is 16.5. The predicted octanol–water partition coefficient (Wildman–Crippen LogP) is 1.65. The summed E-state index contributed by atoms with van der Waals surface area (Å²) in [6.45, 7) is 2.59. The number of likely N-dealkylation sites (tertiary alicyclic amines) is 1. The maximum Gasteiger partial charge on any atom is 0.338 e. The van der Waals surface area contributed by atoms with Gasteiger partial charge in [-0.3, -0.25) is 9.59 Å². The summed E-state index contributed by atoms with van der Waals surface area (Å²) in [4.78, 5) is 42.6. The van der Waals surface area contributed by atoms with Crippen molar-refractivity contribution >= 4 is 17.8 Å². The Morgan fingerprint density at radius 2 is 1.90 bits per heavy atom. The first-order chi connectivity index (χ1) is 14.0. The number of primary amides is 1. The Kier molecular flexibility index (Phi) is 6.43. The lowest BCUT2D eigenvalue weighted by Crippen LogP contribution is -2.31. The van der Waals surface area contributed by atoms with Crippen molar-refractivity contribution in [3.05, 3.63) is 59.8 Å². The van der Waals surface area contributed by atoms with Gasteiger partial charge >= 0.3 is 5.97 Å². The van der Waals surface area contributed by atoms with Crippen LogP contribution >= 0.6 is 0 Å². The number of hydrogen-bond donors (Lipinski definition) is 1. The first kappa shape index (κ1) is 20.3. The van der Waals surface area contributed by atoms with Crippen molar-refractivity contribution in [1.82, 2.24) is 9.88 Å². The number of pyridine rings is 1. The van der Waals surface area contributed by atoms with Crippen LogP contribution in [0, 0.1) is 5.92 Å². The molecule has 2 atom stereocenters. The molecule has 3 rings (SSSR count). The first-order valence-electron chi connectivity index (χ1n) is 9.41. The van der Waals surface area contributed by atoms with E-state index in [0.29, 0.717) is 17.7 Å². The van der Waals surface area contributed by atoms with Crippen molar-refractivity contribution in [2.75, 3.05) is 19.7 Å². The summed E-state index contributed by atoms with van der Waals surface area (Å²) in [5.41, 5.74) is 6.09. The number of aromatic nitrogens is 1. The molecule has 8 heteroatoms. The molecule has 1 aliphatic heterocycles. The van der Waals surface area contributed by atoms with Crippen molar-refractivity contribution in [3.8, 4) is 5.88 Å². The van der Waals surface area contributed by atoms with Crippen LogP contribution in [-0.2, 0) is 9.53 Å². The van der Waals surface area contributed by atoms with Crippen LogP contribution in [0.15, 0.2) is 48.7 Å². The largest absolute Gasteiger partial charge is 0.477 e. The van der Waals surface area contributed by atoms with E-state index in [1.165, 1.54) is 4.90 Å². The van der Waals surface area contributed by atoms with E-state index in [2.05, 4.69) is 4.98 Å². The predicted molar refractivity (Wildman–Crippen MR) is 104 cm³/mol. The van der Waals surface area contributed by atoms with Crippen LogP contribution in [0.1, 0.15) is 34.1 Å². The van der Waals surface area contributed by atoms with Gasteiger partial charge in [-0.15, -0.1) is 0 Å². The Hall–Kier alpha value is -3.42. The van der Waals surface area contributed by atoms with Crippen LogP contribution in [0.5, 0.6) is 5.88 Å². The number of hydrogen-bond acceptors (Lipinski definition) is 6. The van der Waals surface area contributed by atoms with Gasteiger partial charge in [0.1, 0.15) is 11.7 Å². The summed E-state index contributed by atoms with van der Waals surface area (Å²) in [6.07, 6.45) is 0.930. The molecule has 29 heavy (non-hydrogen) atoms. The van der Waals surface area contributed by atoms with Gasteiger partial charge in [-0.2, -0.15) is 0 Å². The number of carbonyl (C=O) groups excluding carboxylic acids is 3. The van der Waals surface area contributed by atoms with Crippen LogP contribution < -0.4 is 10.5 Å². The van der Waals surface area contributed by atoms with Crippen LogP contribution in [0.4, 0.5) is 0 Å². The molecule has 2 heterocycles. The fourth-order valence-corrected chi connectivity index (χ4v) is 3.35. The minimum atomic E-state index is -0.633. The van der Waals surface area contributed by atoms with Crippen LogP contribution in [0.2, 0.25) is 0 Å². The second-order valence-electron chi connectivity index (χ2n) is 6.74. The number of nitrogens with zero attached hydrogens (tertiary/aromatic N) is 2. The summed E-state index contributed by atoms with van der Waals surface area (Å²) in [5.74, 6) is -1.45. The van der Waals surface area contributed by atoms with Gasteiger partial charge in [-0.25, -0.2) is 9.78 Å². The van der Waals surface area contributed by atoms with Crippen LogP contribution in [0.3, 0.4) is 0 Å². The molecule has 1 aliphatic rings. The summed E-state index contributed by atoms with van der Waals surface area (Å²) in [5, 5.41) is 0. The van der Waals surface area contributed by atoms with Crippen molar-refractivity contribution in [1.29, 1.82) is 0 Å². The van der Waals surface area contributed by atoms with Crippen LogP contribution in [0.25, 0.3) is 0 Å². The summed E-state index contributed by atoms with van der Waals surface area (Å²) >= 11 is 0. The minimum Gasteiger partial charge on any atom is -0.477 e. The van der Waals surface area contributed by atoms with E-state index in [0.717, 1.165) is 0 Å². The molecule has 1 aromatic heterocycles.